The Morgan fingerprint density at radius 2 is 1.88 bits per heavy atom. The van der Waals surface area contributed by atoms with E-state index in [2.05, 4.69) is 5.32 Å². The van der Waals surface area contributed by atoms with Gasteiger partial charge < -0.3 is 24.4 Å². The summed E-state index contributed by atoms with van der Waals surface area (Å²) in [7, 11) is 1.57. The summed E-state index contributed by atoms with van der Waals surface area (Å²) in [6.07, 6.45) is 5.00. The molecule has 0 radical (unpaired) electrons. The Bertz CT molecular complexity index is 835. The van der Waals surface area contributed by atoms with Crippen LogP contribution in [0.1, 0.15) is 38.7 Å². The highest BCUT2D eigenvalue weighted by Crippen LogP contribution is 2.18. The van der Waals surface area contributed by atoms with Gasteiger partial charge in [-0.05, 0) is 56.9 Å². The first-order chi connectivity index (χ1) is 15.3. The zero-order chi connectivity index (χ0) is 23.5. The number of amides is 2. The molecule has 174 valence electrons. The fourth-order valence-corrected chi connectivity index (χ4v) is 3.26. The number of likely N-dealkylation sites (tertiary alicyclic amines) is 1. The number of benzene rings is 1. The molecule has 0 saturated carbocycles. The third-order valence-corrected chi connectivity index (χ3v) is 4.98. The van der Waals surface area contributed by atoms with Gasteiger partial charge in [0.2, 0.25) is 5.91 Å². The smallest absolute Gasteiger partial charge is 0.328 e. The van der Waals surface area contributed by atoms with E-state index in [4.69, 9.17) is 14.2 Å². The maximum atomic E-state index is 12.5. The minimum atomic E-state index is -0.946. The van der Waals surface area contributed by atoms with Crippen LogP contribution in [0.15, 0.2) is 30.3 Å². The summed E-state index contributed by atoms with van der Waals surface area (Å²) in [5.41, 5.74) is 0.791. The van der Waals surface area contributed by atoms with Crippen molar-refractivity contribution in [2.45, 2.75) is 45.2 Å². The predicted octanol–water partition coefficient (Wildman–Crippen LogP) is 1.70. The van der Waals surface area contributed by atoms with Crippen molar-refractivity contribution in [2.75, 3.05) is 26.9 Å². The largest absolute Gasteiger partial charge is 0.497 e. The molecule has 0 aromatic heterocycles. The van der Waals surface area contributed by atoms with Gasteiger partial charge in [0.1, 0.15) is 17.8 Å². The molecule has 0 aliphatic carbocycles. The van der Waals surface area contributed by atoms with Crippen LogP contribution < -0.4 is 10.1 Å². The van der Waals surface area contributed by atoms with Gasteiger partial charge in [-0.2, -0.15) is 0 Å². The normalized spacial score (nSPS) is 16.8. The van der Waals surface area contributed by atoms with Gasteiger partial charge in [-0.15, -0.1) is 0 Å². The maximum Gasteiger partial charge on any atom is 0.328 e. The van der Waals surface area contributed by atoms with E-state index in [1.165, 1.54) is 17.9 Å². The van der Waals surface area contributed by atoms with Crippen LogP contribution in [0.2, 0.25) is 0 Å². The van der Waals surface area contributed by atoms with Crippen molar-refractivity contribution in [3.05, 3.63) is 35.9 Å². The van der Waals surface area contributed by atoms with Gasteiger partial charge in [0.05, 0.1) is 13.7 Å². The van der Waals surface area contributed by atoms with Crippen LogP contribution in [0.5, 0.6) is 5.75 Å². The van der Waals surface area contributed by atoms with Crippen LogP contribution in [-0.4, -0.2) is 67.6 Å². The molecule has 1 unspecified atom stereocenters. The molecule has 2 amide bonds. The summed E-state index contributed by atoms with van der Waals surface area (Å²) in [5, 5.41) is 2.50. The number of nitrogens with one attached hydrogen (secondary N) is 1. The molecule has 2 rings (SSSR count). The van der Waals surface area contributed by atoms with E-state index in [1.807, 2.05) is 0 Å². The second kappa shape index (κ2) is 12.5. The number of esters is 2. The number of ether oxygens (including phenoxy) is 3. The first-order valence-electron chi connectivity index (χ1n) is 10.6. The zero-order valence-corrected chi connectivity index (χ0v) is 18.7. The molecule has 32 heavy (non-hydrogen) atoms. The number of carbonyl (C=O) groups is 4. The Morgan fingerprint density at radius 1 is 1.16 bits per heavy atom. The van der Waals surface area contributed by atoms with Crippen LogP contribution in [0, 0.1) is 0 Å². The van der Waals surface area contributed by atoms with Gasteiger partial charge in [-0.25, -0.2) is 9.59 Å². The van der Waals surface area contributed by atoms with Crippen LogP contribution in [0.25, 0.3) is 6.08 Å². The van der Waals surface area contributed by atoms with E-state index < -0.39 is 42.4 Å². The lowest BCUT2D eigenvalue weighted by Crippen LogP contribution is -2.50. The van der Waals surface area contributed by atoms with Crippen LogP contribution in [-0.2, 0) is 28.7 Å². The highest BCUT2D eigenvalue weighted by Gasteiger charge is 2.33. The molecule has 0 spiro atoms. The number of nitrogens with zero attached hydrogens (tertiary/aromatic N) is 1. The molecule has 1 heterocycles. The quantitative estimate of drug-likeness (QED) is 0.454. The Kier molecular flexibility index (Phi) is 9.72. The first kappa shape index (κ1) is 24.9. The summed E-state index contributed by atoms with van der Waals surface area (Å²) < 4.78 is 15.2. The SMILES string of the molecule is CCOC(=O)C1CCCCN1C(=O)COC(=O)[C@H](C)NC(=O)/C=C/c1ccc(OC)cc1. The molecule has 0 bridgehead atoms. The van der Waals surface area contributed by atoms with Crippen molar-refractivity contribution in [1.29, 1.82) is 0 Å². The van der Waals surface area contributed by atoms with Crippen molar-refractivity contribution in [1.82, 2.24) is 10.2 Å². The molecule has 9 nitrogen and oxygen atoms in total. The Hall–Kier alpha value is -3.36. The highest BCUT2D eigenvalue weighted by molar-refractivity contribution is 5.95. The van der Waals surface area contributed by atoms with Gasteiger partial charge >= 0.3 is 11.9 Å². The average Bonchev–Trinajstić information content (AvgIpc) is 2.81. The molecule has 1 aromatic rings. The Labute approximate surface area is 187 Å². The molecule has 1 saturated heterocycles. The summed E-state index contributed by atoms with van der Waals surface area (Å²) >= 11 is 0. The van der Waals surface area contributed by atoms with E-state index in [9.17, 15) is 19.2 Å². The van der Waals surface area contributed by atoms with Gasteiger partial charge in [0.25, 0.3) is 5.91 Å². The number of hydrogen-bond acceptors (Lipinski definition) is 7. The third kappa shape index (κ3) is 7.40. The lowest BCUT2D eigenvalue weighted by molar-refractivity contribution is -0.161. The van der Waals surface area contributed by atoms with Crippen LogP contribution in [0.4, 0.5) is 0 Å². The first-order valence-corrected chi connectivity index (χ1v) is 10.6. The van der Waals surface area contributed by atoms with E-state index in [0.29, 0.717) is 18.7 Å². The second-order valence-electron chi connectivity index (χ2n) is 7.30. The van der Waals surface area contributed by atoms with Crippen molar-refractivity contribution < 1.29 is 33.4 Å². The van der Waals surface area contributed by atoms with E-state index in [-0.39, 0.29) is 6.61 Å². The monoisotopic (exact) mass is 446 g/mol. The van der Waals surface area contributed by atoms with Crippen LogP contribution >= 0.6 is 0 Å². The molecule has 1 N–H and O–H groups in total. The number of piperidine rings is 1. The summed E-state index contributed by atoms with van der Waals surface area (Å²) in [6.45, 7) is 3.31. The lowest BCUT2D eigenvalue weighted by Gasteiger charge is -2.33. The van der Waals surface area contributed by atoms with Crippen molar-refractivity contribution in [2.24, 2.45) is 0 Å². The molecule has 1 aromatic carbocycles. The molecular formula is C23H30N2O7. The molecule has 9 heteroatoms. The topological polar surface area (TPSA) is 111 Å². The zero-order valence-electron chi connectivity index (χ0n) is 18.7. The standard InChI is InChI=1S/C23H30N2O7/c1-4-31-23(29)19-7-5-6-14-25(19)21(27)15-32-22(28)16(2)24-20(26)13-10-17-8-11-18(30-3)12-9-17/h8-13,16,19H,4-7,14-15H2,1-3H3,(H,24,26)/b13-10+/t16-,19?/m0/s1. The average molecular weight is 447 g/mol. The van der Waals surface area contributed by atoms with Gasteiger partial charge in [0.15, 0.2) is 6.61 Å². The minimum Gasteiger partial charge on any atom is -0.497 e. The van der Waals surface area contributed by atoms with Crippen molar-refractivity contribution in [3.8, 4) is 5.75 Å². The number of carbonyl (C=O) groups excluding carboxylic acids is 4. The van der Waals surface area contributed by atoms with Crippen molar-refractivity contribution >= 4 is 29.8 Å². The summed E-state index contributed by atoms with van der Waals surface area (Å²) in [6, 6.07) is 5.51. The molecule has 1 aliphatic heterocycles. The molecular weight excluding hydrogens is 416 g/mol. The van der Waals surface area contributed by atoms with Gasteiger partial charge in [-0.3, -0.25) is 9.59 Å². The molecule has 1 fully saturated rings. The van der Waals surface area contributed by atoms with Gasteiger partial charge in [-0.1, -0.05) is 12.1 Å². The van der Waals surface area contributed by atoms with Gasteiger partial charge in [0, 0.05) is 12.6 Å². The minimum absolute atomic E-state index is 0.233. The fraction of sp³-hybridized carbons (Fsp3) is 0.478. The Morgan fingerprint density at radius 3 is 2.53 bits per heavy atom. The van der Waals surface area contributed by atoms with Crippen LogP contribution in [0.3, 0.4) is 0 Å². The van der Waals surface area contributed by atoms with E-state index in [0.717, 1.165) is 18.4 Å². The van der Waals surface area contributed by atoms with E-state index >= 15 is 0 Å². The highest BCUT2D eigenvalue weighted by atomic mass is 16.5. The lowest BCUT2D eigenvalue weighted by atomic mass is 10.0. The summed E-state index contributed by atoms with van der Waals surface area (Å²) in [4.78, 5) is 50.2. The number of methoxy groups -OCH3 is 1. The number of hydrogen-bond donors (Lipinski definition) is 1. The van der Waals surface area contributed by atoms with E-state index in [1.54, 1.807) is 44.4 Å². The third-order valence-electron chi connectivity index (χ3n) is 4.98. The fourth-order valence-electron chi connectivity index (χ4n) is 3.26. The second-order valence-corrected chi connectivity index (χ2v) is 7.30. The predicted molar refractivity (Wildman–Crippen MR) is 117 cm³/mol. The Balaban J connectivity index is 1.81. The van der Waals surface area contributed by atoms with Crippen molar-refractivity contribution in [3.63, 3.8) is 0 Å². The molecule has 1 aliphatic rings. The number of rotatable bonds is 9. The summed E-state index contributed by atoms with van der Waals surface area (Å²) in [5.74, 6) is -1.43. The maximum absolute atomic E-state index is 12.5. The molecule has 2 atom stereocenters.